The van der Waals surface area contributed by atoms with Crippen LogP contribution in [-0.2, 0) is 14.9 Å². The maximum absolute atomic E-state index is 12.8. The molecule has 0 heterocycles. The number of carbonyl (C=O) groups is 2. The molecule has 0 saturated heterocycles. The van der Waals surface area contributed by atoms with Crippen molar-refractivity contribution in [2.75, 3.05) is 13.2 Å². The molecule has 4 nitrogen and oxygen atoms in total. The highest BCUT2D eigenvalue weighted by Gasteiger charge is 2.23. The molecule has 0 spiro atoms. The van der Waals surface area contributed by atoms with E-state index in [1.165, 1.54) is 25.7 Å². The van der Waals surface area contributed by atoms with Crippen LogP contribution in [0.1, 0.15) is 125 Å². The monoisotopic (exact) mass is 418 g/mol. The van der Waals surface area contributed by atoms with Crippen LogP contribution in [0, 0.1) is 0 Å². The first-order valence-electron chi connectivity index (χ1n) is 11.8. The predicted octanol–water partition coefficient (Wildman–Crippen LogP) is 7.24. The van der Waals surface area contributed by atoms with Crippen LogP contribution >= 0.6 is 0 Å². The van der Waals surface area contributed by atoms with E-state index in [-0.39, 0.29) is 5.41 Å². The van der Waals surface area contributed by atoms with Crippen molar-refractivity contribution in [1.29, 1.82) is 0 Å². The summed E-state index contributed by atoms with van der Waals surface area (Å²) in [6.45, 7) is 11.4. The molecule has 1 aromatic rings. The van der Waals surface area contributed by atoms with Crippen molar-refractivity contribution in [1.82, 2.24) is 0 Å². The largest absolute Gasteiger partial charge is 0.462 e. The predicted molar refractivity (Wildman–Crippen MR) is 123 cm³/mol. The summed E-state index contributed by atoms with van der Waals surface area (Å²) in [6.07, 6.45) is 10.9. The van der Waals surface area contributed by atoms with E-state index < -0.39 is 11.9 Å². The Hall–Kier alpha value is -1.84. The molecule has 1 aromatic carbocycles. The molecular formula is C26H42O4. The van der Waals surface area contributed by atoms with Gasteiger partial charge < -0.3 is 9.47 Å². The van der Waals surface area contributed by atoms with Gasteiger partial charge in [0.25, 0.3) is 0 Å². The maximum atomic E-state index is 12.8. The van der Waals surface area contributed by atoms with Gasteiger partial charge in [-0.2, -0.15) is 0 Å². The summed E-state index contributed by atoms with van der Waals surface area (Å²) in [6, 6.07) is 5.40. The Bertz CT molecular complexity index is 643. The van der Waals surface area contributed by atoms with Gasteiger partial charge in [-0.1, -0.05) is 92.1 Å². The molecule has 0 atom stereocenters. The molecule has 0 fully saturated rings. The molecule has 170 valence electrons. The highest BCUT2D eigenvalue weighted by Crippen LogP contribution is 2.26. The second-order valence-electron chi connectivity index (χ2n) is 9.11. The normalized spacial score (nSPS) is 11.4. The van der Waals surface area contributed by atoms with Crippen LogP contribution in [0.2, 0.25) is 0 Å². The smallest absolute Gasteiger partial charge is 0.339 e. The number of unbranched alkanes of at least 4 members (excludes halogenated alkanes) is 8. The first-order chi connectivity index (χ1) is 14.3. The van der Waals surface area contributed by atoms with Gasteiger partial charge in [-0.25, -0.2) is 9.59 Å². The van der Waals surface area contributed by atoms with Crippen LogP contribution in [0.15, 0.2) is 18.2 Å². The van der Waals surface area contributed by atoms with Gasteiger partial charge in [0.05, 0.1) is 24.3 Å². The van der Waals surface area contributed by atoms with Gasteiger partial charge in [0, 0.05) is 0 Å². The molecule has 0 radical (unpaired) electrons. The topological polar surface area (TPSA) is 52.6 Å². The summed E-state index contributed by atoms with van der Waals surface area (Å²) in [5, 5.41) is 0. The maximum Gasteiger partial charge on any atom is 0.339 e. The van der Waals surface area contributed by atoms with Crippen LogP contribution in [-0.4, -0.2) is 25.2 Å². The third kappa shape index (κ3) is 9.77. The molecule has 0 bridgehead atoms. The van der Waals surface area contributed by atoms with E-state index in [9.17, 15) is 9.59 Å². The molecule has 0 N–H and O–H groups in total. The van der Waals surface area contributed by atoms with Crippen LogP contribution < -0.4 is 0 Å². The van der Waals surface area contributed by atoms with Crippen molar-refractivity contribution in [3.63, 3.8) is 0 Å². The lowest BCUT2D eigenvalue weighted by Gasteiger charge is -2.20. The highest BCUT2D eigenvalue weighted by atomic mass is 16.5. The minimum absolute atomic E-state index is 0.128. The number of carbonyl (C=O) groups excluding carboxylic acids is 2. The molecule has 0 amide bonds. The fourth-order valence-corrected chi connectivity index (χ4v) is 3.25. The number of ether oxygens (including phenoxy) is 2. The SMILES string of the molecule is CCCCCCCOC(=O)c1ccc(C(C)(C)C)cc1C(=O)OCCCCCCC. The Labute approximate surface area is 183 Å². The zero-order valence-electron chi connectivity index (χ0n) is 19.9. The third-order valence-corrected chi connectivity index (χ3v) is 5.29. The number of hydrogen-bond donors (Lipinski definition) is 0. The van der Waals surface area contributed by atoms with Crippen molar-refractivity contribution < 1.29 is 19.1 Å². The van der Waals surface area contributed by atoms with E-state index in [1.807, 2.05) is 6.07 Å². The molecule has 0 aromatic heterocycles. The zero-order valence-corrected chi connectivity index (χ0v) is 19.9. The van der Waals surface area contributed by atoms with E-state index in [0.717, 1.165) is 44.1 Å². The summed E-state index contributed by atoms with van der Waals surface area (Å²) < 4.78 is 10.9. The molecule has 4 heteroatoms. The first kappa shape index (κ1) is 26.2. The van der Waals surface area contributed by atoms with Crippen LogP contribution in [0.5, 0.6) is 0 Å². The van der Waals surface area contributed by atoms with Gasteiger partial charge >= 0.3 is 11.9 Å². The van der Waals surface area contributed by atoms with Crippen LogP contribution in [0.3, 0.4) is 0 Å². The molecule has 0 unspecified atom stereocenters. The number of hydrogen-bond acceptors (Lipinski definition) is 4. The average Bonchev–Trinajstić information content (AvgIpc) is 2.71. The van der Waals surface area contributed by atoms with E-state index in [4.69, 9.17) is 9.47 Å². The summed E-state index contributed by atoms with van der Waals surface area (Å²) in [5.74, 6) is -0.882. The zero-order chi connectivity index (χ0) is 22.4. The van der Waals surface area contributed by atoms with Gasteiger partial charge in [-0.05, 0) is 36.0 Å². The number of rotatable bonds is 14. The highest BCUT2D eigenvalue weighted by molar-refractivity contribution is 6.03. The van der Waals surface area contributed by atoms with Gasteiger partial charge in [0.2, 0.25) is 0 Å². The molecule has 30 heavy (non-hydrogen) atoms. The first-order valence-corrected chi connectivity index (χ1v) is 11.8. The lowest BCUT2D eigenvalue weighted by atomic mass is 9.85. The van der Waals surface area contributed by atoms with Crippen LogP contribution in [0.25, 0.3) is 0 Å². The summed E-state index contributed by atoms with van der Waals surface area (Å²) in [4.78, 5) is 25.4. The summed E-state index contributed by atoms with van der Waals surface area (Å²) >= 11 is 0. The number of esters is 2. The Morgan fingerprint density at radius 2 is 1.17 bits per heavy atom. The molecule has 0 aliphatic rings. The number of benzene rings is 1. The lowest BCUT2D eigenvalue weighted by molar-refractivity contribution is 0.0450. The Balaban J connectivity index is 2.77. The fourth-order valence-electron chi connectivity index (χ4n) is 3.25. The van der Waals surface area contributed by atoms with Crippen molar-refractivity contribution in [2.45, 2.75) is 104 Å². The fraction of sp³-hybridized carbons (Fsp3) is 0.692. The van der Waals surface area contributed by atoms with Crippen molar-refractivity contribution in [3.05, 3.63) is 34.9 Å². The average molecular weight is 419 g/mol. The molecular weight excluding hydrogens is 376 g/mol. The van der Waals surface area contributed by atoms with Gasteiger partial charge in [-0.3, -0.25) is 0 Å². The van der Waals surface area contributed by atoms with Gasteiger partial charge in [0.15, 0.2) is 0 Å². The second-order valence-corrected chi connectivity index (χ2v) is 9.11. The van der Waals surface area contributed by atoms with E-state index in [0.29, 0.717) is 24.3 Å². The minimum atomic E-state index is -0.444. The third-order valence-electron chi connectivity index (χ3n) is 5.29. The van der Waals surface area contributed by atoms with Crippen LogP contribution in [0.4, 0.5) is 0 Å². The lowest BCUT2D eigenvalue weighted by Crippen LogP contribution is -2.18. The Morgan fingerprint density at radius 1 is 0.700 bits per heavy atom. The molecule has 0 aliphatic heterocycles. The van der Waals surface area contributed by atoms with Gasteiger partial charge in [0.1, 0.15) is 0 Å². The van der Waals surface area contributed by atoms with Crippen molar-refractivity contribution >= 4 is 11.9 Å². The van der Waals surface area contributed by atoms with Gasteiger partial charge in [-0.15, -0.1) is 0 Å². The Kier molecular flexibility index (Phi) is 12.4. The molecule has 0 aliphatic carbocycles. The quantitative estimate of drug-likeness (QED) is 0.236. The molecule has 0 saturated carbocycles. The second kappa shape index (κ2) is 14.2. The standard InChI is InChI=1S/C26H42O4/c1-6-8-10-12-14-18-29-24(27)22-17-16-21(26(3,4)5)20-23(22)25(28)30-19-15-13-11-9-7-2/h16-17,20H,6-15,18-19H2,1-5H3. The summed E-state index contributed by atoms with van der Waals surface area (Å²) in [5.41, 5.74) is 1.48. The van der Waals surface area contributed by atoms with E-state index >= 15 is 0 Å². The Morgan fingerprint density at radius 3 is 1.63 bits per heavy atom. The van der Waals surface area contributed by atoms with Crippen molar-refractivity contribution in [3.8, 4) is 0 Å². The van der Waals surface area contributed by atoms with E-state index in [1.54, 1.807) is 12.1 Å². The summed E-state index contributed by atoms with van der Waals surface area (Å²) in [7, 11) is 0. The molecule has 1 rings (SSSR count). The van der Waals surface area contributed by atoms with Crippen molar-refractivity contribution in [2.24, 2.45) is 0 Å². The van der Waals surface area contributed by atoms with E-state index in [2.05, 4.69) is 34.6 Å². The minimum Gasteiger partial charge on any atom is -0.462 e.